The van der Waals surface area contributed by atoms with Gasteiger partial charge in [-0.15, -0.1) is 0 Å². The number of rotatable bonds is 2. The van der Waals surface area contributed by atoms with Gasteiger partial charge in [0.1, 0.15) is 0 Å². The molecule has 6 aromatic carbocycles. The van der Waals surface area contributed by atoms with Crippen LogP contribution in [0.1, 0.15) is 52.7 Å². The second kappa shape index (κ2) is 8.84. The third kappa shape index (κ3) is 4.09. The average Bonchev–Trinajstić information content (AvgIpc) is 2.90. The molecule has 0 aliphatic carbocycles. The Hall–Kier alpha value is -3.90. The topological polar surface area (TPSA) is 0 Å². The van der Waals surface area contributed by atoms with Crippen LogP contribution < -0.4 is 0 Å². The summed E-state index contributed by atoms with van der Waals surface area (Å²) in [4.78, 5) is 0. The first kappa shape index (κ1) is 24.4. The summed E-state index contributed by atoms with van der Waals surface area (Å²) >= 11 is 0. The molecule has 0 nitrogen and oxygen atoms in total. The third-order valence-electron chi connectivity index (χ3n) is 7.97. The summed E-state index contributed by atoms with van der Waals surface area (Å²) in [5.41, 5.74) is 8.06. The average molecular weight is 493 g/mol. The summed E-state index contributed by atoms with van der Waals surface area (Å²) in [6.45, 7) is 13.8. The van der Waals surface area contributed by atoms with Crippen LogP contribution in [0.4, 0.5) is 0 Å². The van der Waals surface area contributed by atoms with Gasteiger partial charge in [-0.25, -0.2) is 0 Å². The minimum absolute atomic E-state index is 0.0577. The molecule has 0 amide bonds. The van der Waals surface area contributed by atoms with Gasteiger partial charge in [0.15, 0.2) is 0 Å². The Kier molecular flexibility index (Phi) is 5.69. The predicted octanol–water partition coefficient (Wildman–Crippen LogP) is 11.1. The molecular weight excluding hydrogens is 456 g/mol. The molecule has 188 valence electrons. The molecule has 0 radical (unpaired) electrons. The number of hydrogen-bond donors (Lipinski definition) is 0. The normalized spacial score (nSPS) is 12.5. The fourth-order valence-corrected chi connectivity index (χ4v) is 5.81. The molecular formula is C38H36. The summed E-state index contributed by atoms with van der Waals surface area (Å²) in [5.74, 6) is 0. The van der Waals surface area contributed by atoms with Gasteiger partial charge in [-0.05, 0) is 88.7 Å². The van der Waals surface area contributed by atoms with Crippen LogP contribution in [0.25, 0.3) is 54.6 Å². The van der Waals surface area contributed by atoms with Gasteiger partial charge in [0.2, 0.25) is 0 Å². The summed E-state index contributed by atoms with van der Waals surface area (Å²) in [6.07, 6.45) is 0. The molecule has 0 saturated heterocycles. The predicted molar refractivity (Wildman–Crippen MR) is 167 cm³/mol. The zero-order chi connectivity index (χ0) is 26.7. The summed E-state index contributed by atoms with van der Waals surface area (Å²) in [6, 6.07) is 40.8. The molecule has 0 atom stereocenters. The molecule has 0 aromatic heterocycles. The molecule has 6 aromatic rings. The molecule has 0 fully saturated rings. The monoisotopic (exact) mass is 492 g/mol. The fraction of sp³-hybridized carbons (Fsp3) is 0.211. The Balaban J connectivity index is 1.87. The molecule has 0 aliphatic rings. The Morgan fingerprint density at radius 1 is 0.395 bits per heavy atom. The van der Waals surface area contributed by atoms with Crippen LogP contribution in [0.5, 0.6) is 0 Å². The smallest absolute Gasteiger partial charge is 0.00200 e. The van der Waals surface area contributed by atoms with Crippen LogP contribution in [-0.4, -0.2) is 0 Å². The highest BCUT2D eigenvalue weighted by Crippen LogP contribution is 2.47. The SMILES string of the molecule is CC(C)(C)c1ccc2c(-c3cccc4ccccc34)c3cc(C(C)(C)C)ccc3c(-c3ccccc3)c2c1. The largest absolute Gasteiger partial charge is 0.0622 e. The van der Waals surface area contributed by atoms with Crippen molar-refractivity contribution >= 4 is 32.3 Å². The second-order valence-corrected chi connectivity index (χ2v) is 12.7. The molecule has 0 unspecified atom stereocenters. The Morgan fingerprint density at radius 3 is 1.55 bits per heavy atom. The molecule has 6 rings (SSSR count). The van der Waals surface area contributed by atoms with Crippen LogP contribution in [0.2, 0.25) is 0 Å². The number of fused-ring (bicyclic) bond motifs is 3. The summed E-state index contributed by atoms with van der Waals surface area (Å²) in [5, 5.41) is 7.84. The van der Waals surface area contributed by atoms with E-state index in [1.807, 2.05) is 0 Å². The van der Waals surface area contributed by atoms with Crippen molar-refractivity contribution in [3.05, 3.63) is 120 Å². The van der Waals surface area contributed by atoms with Crippen LogP contribution in [0.3, 0.4) is 0 Å². The van der Waals surface area contributed by atoms with E-state index in [4.69, 9.17) is 0 Å². The molecule has 38 heavy (non-hydrogen) atoms. The number of benzene rings is 6. The van der Waals surface area contributed by atoms with Crippen molar-refractivity contribution in [1.82, 2.24) is 0 Å². The van der Waals surface area contributed by atoms with Crippen LogP contribution in [0.15, 0.2) is 109 Å². The minimum Gasteiger partial charge on any atom is -0.0622 e. The van der Waals surface area contributed by atoms with Gasteiger partial charge in [0.25, 0.3) is 0 Å². The minimum atomic E-state index is 0.0577. The van der Waals surface area contributed by atoms with Crippen molar-refractivity contribution in [2.45, 2.75) is 52.4 Å². The molecule has 0 bridgehead atoms. The highest BCUT2D eigenvalue weighted by molar-refractivity contribution is 6.23. The summed E-state index contributed by atoms with van der Waals surface area (Å²) < 4.78 is 0. The van der Waals surface area contributed by atoms with E-state index >= 15 is 0 Å². The molecule has 0 N–H and O–H groups in total. The highest BCUT2D eigenvalue weighted by atomic mass is 14.3. The lowest BCUT2D eigenvalue weighted by Crippen LogP contribution is -2.11. The summed E-state index contributed by atoms with van der Waals surface area (Å²) in [7, 11) is 0. The van der Waals surface area contributed by atoms with Crippen LogP contribution in [0, 0.1) is 0 Å². The molecule has 0 spiro atoms. The van der Waals surface area contributed by atoms with Gasteiger partial charge in [0.05, 0.1) is 0 Å². The van der Waals surface area contributed by atoms with E-state index < -0.39 is 0 Å². The maximum Gasteiger partial charge on any atom is -0.00200 e. The van der Waals surface area contributed by atoms with Crippen LogP contribution >= 0.6 is 0 Å². The third-order valence-corrected chi connectivity index (χ3v) is 7.97. The van der Waals surface area contributed by atoms with Gasteiger partial charge < -0.3 is 0 Å². The maximum absolute atomic E-state index is 2.45. The Morgan fingerprint density at radius 2 is 0.921 bits per heavy atom. The van der Waals surface area contributed by atoms with E-state index in [1.165, 1.54) is 65.7 Å². The molecule has 0 aliphatic heterocycles. The van der Waals surface area contributed by atoms with Gasteiger partial charge in [-0.3, -0.25) is 0 Å². The van der Waals surface area contributed by atoms with E-state index in [1.54, 1.807) is 0 Å². The van der Waals surface area contributed by atoms with Crippen molar-refractivity contribution in [2.24, 2.45) is 0 Å². The quantitative estimate of drug-likeness (QED) is 0.211. The molecule has 0 heterocycles. The van der Waals surface area contributed by atoms with Crippen molar-refractivity contribution in [3.8, 4) is 22.3 Å². The van der Waals surface area contributed by atoms with Crippen molar-refractivity contribution < 1.29 is 0 Å². The standard InChI is InChI=1S/C38H36/c1-37(2,3)27-20-22-32-33(23-27)35(26-14-8-7-9-15-26)31-21-19-28(38(4,5)6)24-34(31)36(32)30-18-12-16-25-13-10-11-17-29(25)30/h7-24H,1-6H3. The lowest BCUT2D eigenvalue weighted by molar-refractivity contribution is 0.590. The van der Waals surface area contributed by atoms with Gasteiger partial charge in [-0.2, -0.15) is 0 Å². The maximum atomic E-state index is 2.45. The zero-order valence-electron chi connectivity index (χ0n) is 23.4. The van der Waals surface area contributed by atoms with E-state index in [-0.39, 0.29) is 10.8 Å². The van der Waals surface area contributed by atoms with E-state index in [2.05, 4.69) is 151 Å². The first-order valence-corrected chi connectivity index (χ1v) is 13.7. The Bertz CT molecular complexity index is 1800. The van der Waals surface area contributed by atoms with Gasteiger partial charge >= 0.3 is 0 Å². The van der Waals surface area contributed by atoms with Crippen molar-refractivity contribution in [3.63, 3.8) is 0 Å². The highest BCUT2D eigenvalue weighted by Gasteiger charge is 2.23. The zero-order valence-corrected chi connectivity index (χ0v) is 23.4. The van der Waals surface area contributed by atoms with Crippen LogP contribution in [-0.2, 0) is 10.8 Å². The van der Waals surface area contributed by atoms with E-state index in [0.29, 0.717) is 0 Å². The van der Waals surface area contributed by atoms with Gasteiger partial charge in [0, 0.05) is 0 Å². The van der Waals surface area contributed by atoms with E-state index in [0.717, 1.165) is 0 Å². The molecule has 0 saturated carbocycles. The molecule has 0 heteroatoms. The van der Waals surface area contributed by atoms with E-state index in [9.17, 15) is 0 Å². The lowest BCUT2D eigenvalue weighted by Gasteiger charge is -2.25. The Labute approximate surface area is 227 Å². The van der Waals surface area contributed by atoms with Crippen molar-refractivity contribution in [1.29, 1.82) is 0 Å². The number of hydrogen-bond acceptors (Lipinski definition) is 0. The first-order chi connectivity index (χ1) is 18.1. The van der Waals surface area contributed by atoms with Crippen molar-refractivity contribution in [2.75, 3.05) is 0 Å². The lowest BCUT2D eigenvalue weighted by atomic mass is 9.79. The second-order valence-electron chi connectivity index (χ2n) is 12.7. The van der Waals surface area contributed by atoms with Gasteiger partial charge in [-0.1, -0.05) is 139 Å². The first-order valence-electron chi connectivity index (χ1n) is 13.7. The fourth-order valence-electron chi connectivity index (χ4n) is 5.81.